The molecular weight excluding hydrogens is 287 g/mol. The zero-order valence-corrected chi connectivity index (χ0v) is 10.8. The third-order valence-electron chi connectivity index (χ3n) is 3.27. The number of halogens is 3. The van der Waals surface area contributed by atoms with Gasteiger partial charge in [0.1, 0.15) is 5.52 Å². The molecule has 1 aliphatic heterocycles. The average molecular weight is 299 g/mol. The molecule has 0 aliphatic carbocycles. The number of rotatable bonds is 2. The van der Waals surface area contributed by atoms with Crippen molar-refractivity contribution in [2.75, 3.05) is 13.1 Å². The molecule has 5 nitrogen and oxygen atoms in total. The summed E-state index contributed by atoms with van der Waals surface area (Å²) in [6, 6.07) is 2.65. The van der Waals surface area contributed by atoms with Crippen molar-refractivity contribution in [2.24, 2.45) is 0 Å². The zero-order chi connectivity index (χ0) is 15.0. The van der Waals surface area contributed by atoms with E-state index in [1.54, 1.807) is 0 Å². The molecule has 1 amide bonds. The quantitative estimate of drug-likeness (QED) is 0.881. The van der Waals surface area contributed by atoms with Crippen LogP contribution in [0.25, 0.3) is 11.1 Å². The Hall–Kier alpha value is -2.09. The third-order valence-corrected chi connectivity index (χ3v) is 3.27. The van der Waals surface area contributed by atoms with Gasteiger partial charge in [-0.3, -0.25) is 4.79 Å². The maximum Gasteiger partial charge on any atom is 0.416 e. The van der Waals surface area contributed by atoms with Crippen LogP contribution in [0, 0.1) is 0 Å². The molecule has 0 saturated carbocycles. The summed E-state index contributed by atoms with van der Waals surface area (Å²) in [6.07, 6.45) is -4.22. The van der Waals surface area contributed by atoms with Gasteiger partial charge in [0.15, 0.2) is 11.5 Å². The minimum atomic E-state index is -4.42. The molecule has 0 bridgehead atoms. The fourth-order valence-electron chi connectivity index (χ4n) is 2.23. The Morgan fingerprint density at radius 2 is 2.14 bits per heavy atom. The van der Waals surface area contributed by atoms with Crippen molar-refractivity contribution in [2.45, 2.75) is 18.6 Å². The Morgan fingerprint density at radius 1 is 1.33 bits per heavy atom. The number of nitrogens with one attached hydrogen (secondary N) is 2. The molecule has 112 valence electrons. The number of piperazine rings is 1. The number of hydrogen-bond donors (Lipinski definition) is 2. The summed E-state index contributed by atoms with van der Waals surface area (Å²) in [5.41, 5.74) is -0.367. The molecule has 1 saturated heterocycles. The number of aromatic nitrogens is 1. The second-order valence-corrected chi connectivity index (χ2v) is 4.79. The predicted octanol–water partition coefficient (Wildman–Crippen LogP) is 1.48. The maximum atomic E-state index is 12.6. The molecule has 2 aromatic rings. The van der Waals surface area contributed by atoms with Crippen molar-refractivity contribution in [3.05, 3.63) is 29.7 Å². The van der Waals surface area contributed by atoms with Gasteiger partial charge in [-0.15, -0.1) is 0 Å². The Labute approximate surface area is 117 Å². The third kappa shape index (κ3) is 2.85. The fraction of sp³-hybridized carbons (Fsp3) is 0.385. The van der Waals surface area contributed by atoms with E-state index >= 15 is 0 Å². The Bertz CT molecular complexity index is 681. The second kappa shape index (κ2) is 5.03. The molecule has 0 spiro atoms. The van der Waals surface area contributed by atoms with Crippen LogP contribution in [-0.2, 0) is 17.4 Å². The molecule has 8 heteroatoms. The highest BCUT2D eigenvalue weighted by atomic mass is 19.4. The Kier molecular flexibility index (Phi) is 3.32. The average Bonchev–Trinajstić information content (AvgIpc) is 2.81. The highest BCUT2D eigenvalue weighted by Crippen LogP contribution is 2.31. The molecule has 0 radical (unpaired) electrons. The maximum absolute atomic E-state index is 12.6. The molecule has 1 aliphatic rings. The summed E-state index contributed by atoms with van der Waals surface area (Å²) in [5.74, 6) is 0.0679. The number of hydrogen-bond acceptors (Lipinski definition) is 4. The SMILES string of the molecule is O=C1NCCNC1Cc1nc2cc(C(F)(F)F)ccc2o1. The minimum absolute atomic E-state index is 0.135. The molecule has 21 heavy (non-hydrogen) atoms. The van der Waals surface area contributed by atoms with E-state index in [0.29, 0.717) is 13.1 Å². The number of carbonyl (C=O) groups is 1. The number of alkyl halides is 3. The van der Waals surface area contributed by atoms with Crippen molar-refractivity contribution < 1.29 is 22.4 Å². The summed E-state index contributed by atoms with van der Waals surface area (Å²) >= 11 is 0. The Morgan fingerprint density at radius 3 is 2.86 bits per heavy atom. The molecule has 3 rings (SSSR count). The van der Waals surface area contributed by atoms with Gasteiger partial charge in [0, 0.05) is 19.5 Å². The van der Waals surface area contributed by atoms with E-state index in [2.05, 4.69) is 15.6 Å². The van der Waals surface area contributed by atoms with Gasteiger partial charge in [-0.25, -0.2) is 4.98 Å². The van der Waals surface area contributed by atoms with Gasteiger partial charge in [-0.2, -0.15) is 13.2 Å². The first-order valence-electron chi connectivity index (χ1n) is 6.41. The highest BCUT2D eigenvalue weighted by Gasteiger charge is 2.31. The summed E-state index contributed by atoms with van der Waals surface area (Å²) in [5, 5.41) is 5.70. The van der Waals surface area contributed by atoms with Gasteiger partial charge in [-0.1, -0.05) is 0 Å². The van der Waals surface area contributed by atoms with Crippen molar-refractivity contribution >= 4 is 17.0 Å². The van der Waals surface area contributed by atoms with Gasteiger partial charge in [0.25, 0.3) is 0 Å². The lowest BCUT2D eigenvalue weighted by molar-refractivity contribution is -0.137. The van der Waals surface area contributed by atoms with E-state index in [1.807, 2.05) is 0 Å². The van der Waals surface area contributed by atoms with E-state index in [-0.39, 0.29) is 29.3 Å². The smallest absolute Gasteiger partial charge is 0.416 e. The van der Waals surface area contributed by atoms with Crippen LogP contribution in [-0.4, -0.2) is 30.0 Å². The molecule has 2 N–H and O–H groups in total. The van der Waals surface area contributed by atoms with E-state index in [1.165, 1.54) is 6.07 Å². The largest absolute Gasteiger partial charge is 0.441 e. The molecule has 2 heterocycles. The van der Waals surface area contributed by atoms with Crippen LogP contribution in [0.15, 0.2) is 22.6 Å². The molecule has 1 unspecified atom stereocenters. The molecule has 1 atom stereocenters. The van der Waals surface area contributed by atoms with Crippen LogP contribution in [0.2, 0.25) is 0 Å². The van der Waals surface area contributed by atoms with E-state index in [4.69, 9.17) is 4.42 Å². The number of amides is 1. The van der Waals surface area contributed by atoms with Crippen LogP contribution < -0.4 is 10.6 Å². The molecule has 1 fully saturated rings. The first-order chi connectivity index (χ1) is 9.93. The van der Waals surface area contributed by atoms with E-state index in [9.17, 15) is 18.0 Å². The predicted molar refractivity (Wildman–Crippen MR) is 67.5 cm³/mol. The number of nitrogens with zero attached hydrogens (tertiary/aromatic N) is 1. The van der Waals surface area contributed by atoms with Gasteiger partial charge in [-0.05, 0) is 18.2 Å². The van der Waals surface area contributed by atoms with Crippen LogP contribution in [0.1, 0.15) is 11.5 Å². The van der Waals surface area contributed by atoms with Crippen LogP contribution >= 0.6 is 0 Å². The zero-order valence-electron chi connectivity index (χ0n) is 10.8. The van der Waals surface area contributed by atoms with Gasteiger partial charge < -0.3 is 15.1 Å². The first-order valence-corrected chi connectivity index (χ1v) is 6.41. The Balaban J connectivity index is 1.85. The van der Waals surface area contributed by atoms with Crippen LogP contribution in [0.3, 0.4) is 0 Å². The number of benzene rings is 1. The molecule has 1 aromatic heterocycles. The second-order valence-electron chi connectivity index (χ2n) is 4.79. The first kappa shape index (κ1) is 13.9. The van der Waals surface area contributed by atoms with Gasteiger partial charge in [0.2, 0.25) is 5.91 Å². The highest BCUT2D eigenvalue weighted by molar-refractivity contribution is 5.82. The van der Waals surface area contributed by atoms with Crippen molar-refractivity contribution in [3.63, 3.8) is 0 Å². The van der Waals surface area contributed by atoms with Crippen molar-refractivity contribution in [3.8, 4) is 0 Å². The molecular formula is C13H12F3N3O2. The standard InChI is InChI=1S/C13H12F3N3O2/c14-13(15,16)7-1-2-10-8(5-7)19-11(21-10)6-9-12(20)18-4-3-17-9/h1-2,5,9,17H,3-4,6H2,(H,18,20). The summed E-state index contributed by atoms with van der Waals surface area (Å²) in [7, 11) is 0. The number of oxazole rings is 1. The summed E-state index contributed by atoms with van der Waals surface area (Å²) in [4.78, 5) is 15.6. The van der Waals surface area contributed by atoms with Gasteiger partial charge >= 0.3 is 6.18 Å². The lowest BCUT2D eigenvalue weighted by atomic mass is 10.1. The summed E-state index contributed by atoms with van der Waals surface area (Å²) in [6.45, 7) is 1.19. The monoisotopic (exact) mass is 299 g/mol. The lowest BCUT2D eigenvalue weighted by Crippen LogP contribution is -2.53. The number of fused-ring (bicyclic) bond motifs is 1. The van der Waals surface area contributed by atoms with E-state index in [0.717, 1.165) is 12.1 Å². The van der Waals surface area contributed by atoms with Crippen molar-refractivity contribution in [1.82, 2.24) is 15.6 Å². The molecule has 1 aromatic carbocycles. The summed E-state index contributed by atoms with van der Waals surface area (Å²) < 4.78 is 43.3. The van der Waals surface area contributed by atoms with Gasteiger partial charge in [0.05, 0.1) is 11.6 Å². The van der Waals surface area contributed by atoms with Crippen molar-refractivity contribution in [1.29, 1.82) is 0 Å². The topological polar surface area (TPSA) is 67.2 Å². The van der Waals surface area contributed by atoms with Crippen LogP contribution in [0.4, 0.5) is 13.2 Å². The minimum Gasteiger partial charge on any atom is -0.441 e. The lowest BCUT2D eigenvalue weighted by Gasteiger charge is -2.22. The fourth-order valence-corrected chi connectivity index (χ4v) is 2.23. The van der Waals surface area contributed by atoms with Crippen LogP contribution in [0.5, 0.6) is 0 Å². The number of carbonyl (C=O) groups excluding carboxylic acids is 1. The van der Waals surface area contributed by atoms with E-state index < -0.39 is 17.8 Å². The normalized spacial score (nSPS) is 19.8.